The van der Waals surface area contributed by atoms with Crippen LogP contribution in [0.1, 0.15) is 35.2 Å². The summed E-state index contributed by atoms with van der Waals surface area (Å²) in [4.78, 5) is 24.1. The van der Waals surface area contributed by atoms with E-state index in [0.717, 1.165) is 19.3 Å². The van der Waals surface area contributed by atoms with Gasteiger partial charge in [0, 0.05) is 24.1 Å². The Morgan fingerprint density at radius 3 is 2.32 bits per heavy atom. The monoisotopic (exact) mass is 340 g/mol. The first-order chi connectivity index (χ1) is 12.1. The van der Waals surface area contributed by atoms with Crippen molar-refractivity contribution < 1.29 is 14.0 Å². The Balaban J connectivity index is 1.42. The highest BCUT2D eigenvalue weighted by atomic mass is 19.1. The van der Waals surface area contributed by atoms with E-state index in [1.807, 2.05) is 18.2 Å². The topological polar surface area (TPSA) is 58.2 Å². The summed E-state index contributed by atoms with van der Waals surface area (Å²) >= 11 is 0. The fraction of sp³-hybridized carbons (Fsp3) is 0.300. The lowest BCUT2D eigenvalue weighted by Gasteiger charge is -2.17. The molecule has 2 N–H and O–H groups in total. The van der Waals surface area contributed by atoms with Crippen LogP contribution in [0.25, 0.3) is 0 Å². The molecule has 0 spiro atoms. The Morgan fingerprint density at radius 1 is 1.00 bits per heavy atom. The van der Waals surface area contributed by atoms with Gasteiger partial charge in [-0.1, -0.05) is 30.3 Å². The molecular weight excluding hydrogens is 319 g/mol. The Hall–Kier alpha value is -2.69. The third-order valence-corrected chi connectivity index (χ3v) is 4.39. The minimum Gasteiger partial charge on any atom is -0.352 e. The second-order valence-electron chi connectivity index (χ2n) is 6.50. The SMILES string of the molecule is O=C(CCNC(=O)c1ccc(F)cc1)NC1(Cc2ccccc2)CC1. The number of halogens is 1. The smallest absolute Gasteiger partial charge is 0.251 e. The lowest BCUT2D eigenvalue weighted by atomic mass is 10.0. The zero-order valence-electron chi connectivity index (χ0n) is 13.9. The predicted octanol–water partition coefficient (Wildman–Crippen LogP) is 2.84. The van der Waals surface area contributed by atoms with Crippen molar-refractivity contribution in [1.29, 1.82) is 0 Å². The number of hydrogen-bond donors (Lipinski definition) is 2. The first-order valence-corrected chi connectivity index (χ1v) is 8.45. The molecule has 1 aliphatic rings. The highest BCUT2D eigenvalue weighted by Crippen LogP contribution is 2.38. The summed E-state index contributed by atoms with van der Waals surface area (Å²) in [6.07, 6.45) is 3.02. The van der Waals surface area contributed by atoms with E-state index in [4.69, 9.17) is 0 Å². The largest absolute Gasteiger partial charge is 0.352 e. The summed E-state index contributed by atoms with van der Waals surface area (Å²) in [5.74, 6) is -0.755. The van der Waals surface area contributed by atoms with Gasteiger partial charge in [0.1, 0.15) is 5.82 Å². The molecule has 1 aliphatic carbocycles. The number of amides is 2. The Morgan fingerprint density at radius 2 is 1.68 bits per heavy atom. The van der Waals surface area contributed by atoms with Crippen LogP contribution in [0, 0.1) is 5.82 Å². The van der Waals surface area contributed by atoms with Crippen LogP contribution in [0.3, 0.4) is 0 Å². The van der Waals surface area contributed by atoms with Gasteiger partial charge in [-0.3, -0.25) is 9.59 Å². The molecule has 2 aromatic rings. The van der Waals surface area contributed by atoms with Gasteiger partial charge in [-0.05, 0) is 49.1 Å². The van der Waals surface area contributed by atoms with Crippen molar-refractivity contribution in [2.24, 2.45) is 0 Å². The van der Waals surface area contributed by atoms with Gasteiger partial charge in [-0.15, -0.1) is 0 Å². The van der Waals surface area contributed by atoms with Crippen molar-refractivity contribution in [1.82, 2.24) is 10.6 Å². The number of nitrogens with one attached hydrogen (secondary N) is 2. The highest BCUT2D eigenvalue weighted by molar-refractivity contribution is 5.94. The Bertz CT molecular complexity index is 740. The van der Waals surface area contributed by atoms with E-state index in [9.17, 15) is 14.0 Å². The zero-order valence-corrected chi connectivity index (χ0v) is 13.9. The summed E-state index contributed by atoms with van der Waals surface area (Å²) < 4.78 is 12.8. The summed E-state index contributed by atoms with van der Waals surface area (Å²) in [6, 6.07) is 15.4. The molecule has 0 aliphatic heterocycles. The maximum Gasteiger partial charge on any atom is 0.251 e. The molecule has 5 heteroatoms. The fourth-order valence-corrected chi connectivity index (χ4v) is 2.83. The van der Waals surface area contributed by atoms with Gasteiger partial charge in [-0.2, -0.15) is 0 Å². The van der Waals surface area contributed by atoms with Gasteiger partial charge in [-0.25, -0.2) is 4.39 Å². The number of carbonyl (C=O) groups excluding carboxylic acids is 2. The van der Waals surface area contributed by atoms with Crippen LogP contribution in [-0.4, -0.2) is 23.9 Å². The second kappa shape index (κ2) is 7.47. The molecule has 25 heavy (non-hydrogen) atoms. The highest BCUT2D eigenvalue weighted by Gasteiger charge is 2.43. The van der Waals surface area contributed by atoms with Crippen molar-refractivity contribution in [3.05, 3.63) is 71.5 Å². The van der Waals surface area contributed by atoms with Crippen molar-refractivity contribution in [3.8, 4) is 0 Å². The summed E-state index contributed by atoms with van der Waals surface area (Å²) in [5.41, 5.74) is 1.47. The van der Waals surface area contributed by atoms with Crippen molar-refractivity contribution in [3.63, 3.8) is 0 Å². The quantitative estimate of drug-likeness (QED) is 0.814. The average molecular weight is 340 g/mol. The lowest BCUT2D eigenvalue weighted by Crippen LogP contribution is -2.40. The molecule has 0 unspecified atom stereocenters. The molecule has 0 radical (unpaired) electrons. The minimum absolute atomic E-state index is 0.0622. The van der Waals surface area contributed by atoms with E-state index in [-0.39, 0.29) is 36.1 Å². The van der Waals surface area contributed by atoms with E-state index in [1.165, 1.54) is 29.8 Å². The number of benzene rings is 2. The second-order valence-corrected chi connectivity index (χ2v) is 6.50. The van der Waals surface area contributed by atoms with Crippen LogP contribution in [0.15, 0.2) is 54.6 Å². The molecule has 1 fully saturated rings. The van der Waals surface area contributed by atoms with Gasteiger partial charge in [0.05, 0.1) is 0 Å². The molecule has 3 rings (SSSR count). The molecule has 0 bridgehead atoms. The van der Waals surface area contributed by atoms with Crippen molar-refractivity contribution in [2.75, 3.05) is 6.54 Å². The van der Waals surface area contributed by atoms with E-state index in [0.29, 0.717) is 5.56 Å². The summed E-state index contributed by atoms with van der Waals surface area (Å²) in [6.45, 7) is 0.253. The third-order valence-electron chi connectivity index (χ3n) is 4.39. The molecule has 130 valence electrons. The standard InChI is InChI=1S/C20H21FN2O2/c21-17-8-6-16(7-9-17)19(25)22-13-10-18(24)23-20(11-12-20)14-15-4-2-1-3-5-15/h1-9H,10-14H2,(H,22,25)(H,23,24). The number of hydrogen-bond acceptors (Lipinski definition) is 2. The van der Waals surface area contributed by atoms with Gasteiger partial charge in [0.2, 0.25) is 5.91 Å². The Labute approximate surface area is 146 Å². The number of rotatable bonds is 7. The molecule has 0 heterocycles. The predicted molar refractivity (Wildman–Crippen MR) is 93.6 cm³/mol. The lowest BCUT2D eigenvalue weighted by molar-refractivity contribution is -0.121. The summed E-state index contributed by atoms with van der Waals surface area (Å²) in [5, 5.41) is 5.78. The Kier molecular flexibility index (Phi) is 5.12. The first-order valence-electron chi connectivity index (χ1n) is 8.45. The van der Waals surface area contributed by atoms with Crippen molar-refractivity contribution >= 4 is 11.8 Å². The third kappa shape index (κ3) is 4.89. The van der Waals surface area contributed by atoms with Crippen LogP contribution in [0.2, 0.25) is 0 Å². The van der Waals surface area contributed by atoms with Gasteiger partial charge in [0.25, 0.3) is 5.91 Å². The minimum atomic E-state index is -0.385. The molecule has 0 aromatic heterocycles. The van der Waals surface area contributed by atoms with Gasteiger partial charge in [0.15, 0.2) is 0 Å². The van der Waals surface area contributed by atoms with Crippen LogP contribution >= 0.6 is 0 Å². The molecular formula is C20H21FN2O2. The van der Waals surface area contributed by atoms with E-state index < -0.39 is 0 Å². The van der Waals surface area contributed by atoms with Crippen LogP contribution in [0.5, 0.6) is 0 Å². The van der Waals surface area contributed by atoms with Crippen molar-refractivity contribution in [2.45, 2.75) is 31.2 Å². The number of carbonyl (C=O) groups is 2. The molecule has 4 nitrogen and oxygen atoms in total. The van der Waals surface area contributed by atoms with E-state index >= 15 is 0 Å². The molecule has 0 saturated heterocycles. The first kappa shape index (κ1) is 17.1. The fourth-order valence-electron chi connectivity index (χ4n) is 2.83. The maximum atomic E-state index is 12.8. The average Bonchev–Trinajstić information content (AvgIpc) is 3.35. The van der Waals surface area contributed by atoms with Gasteiger partial charge < -0.3 is 10.6 Å². The normalized spacial score (nSPS) is 14.6. The van der Waals surface area contributed by atoms with Crippen LogP contribution in [0.4, 0.5) is 4.39 Å². The maximum absolute atomic E-state index is 12.8. The van der Waals surface area contributed by atoms with Gasteiger partial charge >= 0.3 is 0 Å². The molecule has 2 aromatic carbocycles. The molecule has 1 saturated carbocycles. The molecule has 2 amide bonds. The van der Waals surface area contributed by atoms with Crippen LogP contribution in [-0.2, 0) is 11.2 Å². The zero-order chi connectivity index (χ0) is 17.7. The van der Waals surface area contributed by atoms with E-state index in [2.05, 4.69) is 22.8 Å². The van der Waals surface area contributed by atoms with Crippen LogP contribution < -0.4 is 10.6 Å². The van der Waals surface area contributed by atoms with E-state index in [1.54, 1.807) is 0 Å². The summed E-state index contributed by atoms with van der Waals surface area (Å²) in [7, 11) is 0. The molecule has 0 atom stereocenters.